The summed E-state index contributed by atoms with van der Waals surface area (Å²) in [5.74, 6) is 1.17. The van der Waals surface area contributed by atoms with Gasteiger partial charge >= 0.3 is 0 Å². The fraction of sp³-hybridized carbons (Fsp3) is 0.214. The quantitative estimate of drug-likeness (QED) is 0.742. The Bertz CT molecular complexity index is 608. The van der Waals surface area contributed by atoms with E-state index in [2.05, 4.69) is 26.2 Å². The van der Waals surface area contributed by atoms with Crippen LogP contribution in [0.15, 0.2) is 35.1 Å². The molecule has 6 heteroatoms. The summed E-state index contributed by atoms with van der Waals surface area (Å²) in [4.78, 5) is 4.08. The van der Waals surface area contributed by atoms with Gasteiger partial charge in [0.25, 0.3) is 0 Å². The summed E-state index contributed by atoms with van der Waals surface area (Å²) in [6.45, 7) is 3.63. The second kappa shape index (κ2) is 7.27. The summed E-state index contributed by atoms with van der Waals surface area (Å²) in [7, 11) is 0. The molecule has 0 aliphatic rings. The number of nitrogens with one attached hydrogen (secondary N) is 1. The van der Waals surface area contributed by atoms with Crippen LogP contribution in [0.5, 0.6) is 11.5 Å². The van der Waals surface area contributed by atoms with Gasteiger partial charge in [0.05, 0.1) is 16.2 Å². The van der Waals surface area contributed by atoms with Crippen molar-refractivity contribution in [3.63, 3.8) is 0 Å². The van der Waals surface area contributed by atoms with Gasteiger partial charge in [0, 0.05) is 28.8 Å². The van der Waals surface area contributed by atoms with E-state index < -0.39 is 0 Å². The number of nitrogens with zero attached hydrogens (tertiary/aromatic N) is 1. The predicted molar refractivity (Wildman–Crippen MR) is 85.9 cm³/mol. The summed E-state index contributed by atoms with van der Waals surface area (Å²) in [6, 6.07) is 5.30. The molecule has 0 unspecified atom stereocenters. The van der Waals surface area contributed by atoms with Crippen molar-refractivity contribution < 1.29 is 4.74 Å². The van der Waals surface area contributed by atoms with Crippen molar-refractivity contribution in [2.75, 3.05) is 6.54 Å². The third kappa shape index (κ3) is 3.85. The lowest BCUT2D eigenvalue weighted by atomic mass is 10.2. The molecular formula is C14H13BrCl2N2O. The average molecular weight is 376 g/mol. The number of ether oxygens (including phenoxy) is 1. The molecule has 0 radical (unpaired) electrons. The van der Waals surface area contributed by atoms with Crippen molar-refractivity contribution in [3.05, 3.63) is 50.7 Å². The minimum atomic E-state index is 0.486. The molecule has 2 rings (SSSR count). The molecule has 3 nitrogen and oxygen atoms in total. The van der Waals surface area contributed by atoms with Gasteiger partial charge in [-0.1, -0.05) is 30.1 Å². The molecule has 0 spiro atoms. The standard InChI is InChI=1S/C14H13BrCl2N2O/c1-2-18-7-9-3-4-19-8-14(9)20-13-6-11(16)10(15)5-12(13)17/h3-6,8,18H,2,7H2,1H3. The van der Waals surface area contributed by atoms with E-state index >= 15 is 0 Å². The number of hydrogen-bond donors (Lipinski definition) is 1. The second-order valence-electron chi connectivity index (χ2n) is 4.06. The molecule has 1 N–H and O–H groups in total. The fourth-order valence-corrected chi connectivity index (χ4v) is 2.44. The van der Waals surface area contributed by atoms with Crippen LogP contribution >= 0.6 is 39.1 Å². The number of pyridine rings is 1. The maximum atomic E-state index is 6.16. The first-order valence-electron chi connectivity index (χ1n) is 6.07. The lowest BCUT2D eigenvalue weighted by Gasteiger charge is -2.12. The van der Waals surface area contributed by atoms with Crippen LogP contribution in [-0.2, 0) is 6.54 Å². The Morgan fingerprint density at radius 1 is 1.25 bits per heavy atom. The van der Waals surface area contributed by atoms with Crippen molar-refractivity contribution in [1.82, 2.24) is 10.3 Å². The number of aromatic nitrogens is 1. The van der Waals surface area contributed by atoms with Crippen LogP contribution < -0.4 is 10.1 Å². The van der Waals surface area contributed by atoms with Gasteiger partial charge in [-0.25, -0.2) is 0 Å². The molecule has 0 aliphatic heterocycles. The maximum absolute atomic E-state index is 6.16. The highest BCUT2D eigenvalue weighted by Gasteiger charge is 2.10. The zero-order valence-corrected chi connectivity index (χ0v) is 13.9. The van der Waals surface area contributed by atoms with Crippen LogP contribution in [0.1, 0.15) is 12.5 Å². The number of rotatable bonds is 5. The van der Waals surface area contributed by atoms with Gasteiger partial charge in [0.2, 0.25) is 0 Å². The summed E-state index contributed by atoms with van der Waals surface area (Å²) in [5.41, 5.74) is 1.01. The normalized spacial score (nSPS) is 10.6. The molecule has 0 atom stereocenters. The molecule has 0 fully saturated rings. The highest BCUT2D eigenvalue weighted by atomic mass is 79.9. The smallest absolute Gasteiger partial charge is 0.150 e. The summed E-state index contributed by atoms with van der Waals surface area (Å²) >= 11 is 15.5. The molecule has 1 heterocycles. The van der Waals surface area contributed by atoms with Crippen LogP contribution in [0.25, 0.3) is 0 Å². The van der Waals surface area contributed by atoms with Crippen LogP contribution in [-0.4, -0.2) is 11.5 Å². The first-order valence-corrected chi connectivity index (χ1v) is 7.62. The molecule has 1 aromatic heterocycles. The Hall–Kier alpha value is -0.810. The fourth-order valence-electron chi connectivity index (χ4n) is 1.61. The van der Waals surface area contributed by atoms with E-state index in [0.717, 1.165) is 16.6 Å². The Morgan fingerprint density at radius 3 is 2.80 bits per heavy atom. The van der Waals surface area contributed by atoms with Crippen LogP contribution in [0.3, 0.4) is 0 Å². The van der Waals surface area contributed by atoms with Gasteiger partial charge in [0.1, 0.15) is 11.5 Å². The maximum Gasteiger partial charge on any atom is 0.150 e. The minimum absolute atomic E-state index is 0.486. The minimum Gasteiger partial charge on any atom is -0.454 e. The van der Waals surface area contributed by atoms with E-state index in [0.29, 0.717) is 28.1 Å². The topological polar surface area (TPSA) is 34.2 Å². The molecule has 1 aromatic carbocycles. The number of benzene rings is 1. The van der Waals surface area contributed by atoms with E-state index in [9.17, 15) is 0 Å². The first-order chi connectivity index (χ1) is 9.61. The van der Waals surface area contributed by atoms with Crippen LogP contribution in [0.4, 0.5) is 0 Å². The van der Waals surface area contributed by atoms with E-state index in [1.807, 2.05) is 13.0 Å². The van der Waals surface area contributed by atoms with E-state index in [1.54, 1.807) is 24.5 Å². The molecular weight excluding hydrogens is 363 g/mol. The molecule has 0 aliphatic carbocycles. The van der Waals surface area contributed by atoms with E-state index in [-0.39, 0.29) is 0 Å². The molecule has 106 valence electrons. The molecule has 2 aromatic rings. The van der Waals surface area contributed by atoms with Gasteiger partial charge in [-0.15, -0.1) is 0 Å². The predicted octanol–water partition coefficient (Wildman–Crippen LogP) is 5.05. The molecule has 0 saturated carbocycles. The average Bonchev–Trinajstić information content (AvgIpc) is 2.44. The van der Waals surface area contributed by atoms with Gasteiger partial charge < -0.3 is 10.1 Å². The van der Waals surface area contributed by atoms with Gasteiger partial charge in [0.15, 0.2) is 0 Å². The summed E-state index contributed by atoms with van der Waals surface area (Å²) in [5, 5.41) is 4.28. The van der Waals surface area contributed by atoms with Crippen molar-refractivity contribution in [2.24, 2.45) is 0 Å². The molecule has 20 heavy (non-hydrogen) atoms. The lowest BCUT2D eigenvalue weighted by Crippen LogP contribution is -2.12. The van der Waals surface area contributed by atoms with Crippen LogP contribution in [0, 0.1) is 0 Å². The Kier molecular flexibility index (Phi) is 5.66. The Balaban J connectivity index is 2.28. The summed E-state index contributed by atoms with van der Waals surface area (Å²) < 4.78 is 6.57. The van der Waals surface area contributed by atoms with Gasteiger partial charge in [-0.05, 0) is 34.6 Å². The zero-order chi connectivity index (χ0) is 14.5. The SMILES string of the molecule is CCNCc1ccncc1Oc1cc(Cl)c(Br)cc1Cl. The largest absolute Gasteiger partial charge is 0.454 e. The Labute approximate surface area is 136 Å². The first kappa shape index (κ1) is 15.6. The highest BCUT2D eigenvalue weighted by molar-refractivity contribution is 9.10. The lowest BCUT2D eigenvalue weighted by molar-refractivity contribution is 0.471. The van der Waals surface area contributed by atoms with Crippen molar-refractivity contribution >= 4 is 39.1 Å². The number of hydrogen-bond acceptors (Lipinski definition) is 3. The number of halogens is 3. The molecule has 0 bridgehead atoms. The summed E-state index contributed by atoms with van der Waals surface area (Å²) in [6.07, 6.45) is 3.40. The van der Waals surface area contributed by atoms with Crippen molar-refractivity contribution in [1.29, 1.82) is 0 Å². The third-order valence-corrected chi connectivity index (χ3v) is 4.12. The van der Waals surface area contributed by atoms with Crippen molar-refractivity contribution in [3.8, 4) is 11.5 Å². The molecule has 0 saturated heterocycles. The van der Waals surface area contributed by atoms with Gasteiger partial charge in [-0.3, -0.25) is 4.98 Å². The van der Waals surface area contributed by atoms with Crippen LogP contribution in [0.2, 0.25) is 10.0 Å². The monoisotopic (exact) mass is 374 g/mol. The third-order valence-electron chi connectivity index (χ3n) is 2.63. The van der Waals surface area contributed by atoms with E-state index in [4.69, 9.17) is 27.9 Å². The molecule has 0 amide bonds. The second-order valence-corrected chi connectivity index (χ2v) is 5.73. The highest BCUT2D eigenvalue weighted by Crippen LogP contribution is 2.37. The van der Waals surface area contributed by atoms with Crippen molar-refractivity contribution in [2.45, 2.75) is 13.5 Å². The van der Waals surface area contributed by atoms with Gasteiger partial charge in [-0.2, -0.15) is 0 Å². The Morgan fingerprint density at radius 2 is 2.05 bits per heavy atom. The van der Waals surface area contributed by atoms with E-state index in [1.165, 1.54) is 0 Å². The zero-order valence-electron chi connectivity index (χ0n) is 10.8.